The van der Waals surface area contributed by atoms with E-state index in [1.54, 1.807) is 19.3 Å². The molecular formula is C13H14N4O3S2. The van der Waals surface area contributed by atoms with E-state index in [1.165, 1.54) is 28.8 Å². The molecule has 3 rings (SSSR count). The minimum Gasteiger partial charge on any atom is -0.315 e. The zero-order valence-corrected chi connectivity index (χ0v) is 13.6. The van der Waals surface area contributed by atoms with Gasteiger partial charge in [0.1, 0.15) is 5.82 Å². The van der Waals surface area contributed by atoms with E-state index >= 15 is 0 Å². The van der Waals surface area contributed by atoms with Gasteiger partial charge >= 0.3 is 0 Å². The van der Waals surface area contributed by atoms with E-state index < -0.39 is 10.0 Å². The lowest BCUT2D eigenvalue weighted by Gasteiger charge is -2.11. The van der Waals surface area contributed by atoms with Crippen molar-refractivity contribution in [1.29, 1.82) is 0 Å². The molecule has 22 heavy (non-hydrogen) atoms. The minimum absolute atomic E-state index is 0.0456. The molecule has 2 heterocycles. The number of hydrogen-bond acceptors (Lipinski definition) is 5. The third-order valence-electron chi connectivity index (χ3n) is 3.50. The van der Waals surface area contributed by atoms with Gasteiger partial charge in [0, 0.05) is 12.7 Å². The van der Waals surface area contributed by atoms with Crippen molar-refractivity contribution in [3.8, 4) is 0 Å². The quantitative estimate of drug-likeness (QED) is 0.823. The van der Waals surface area contributed by atoms with Crippen LogP contribution in [0, 0.1) is 0 Å². The van der Waals surface area contributed by atoms with Gasteiger partial charge in [-0.1, -0.05) is 0 Å². The molecule has 0 fully saturated rings. The highest BCUT2D eigenvalue weighted by atomic mass is 32.2. The Morgan fingerprint density at radius 1 is 1.41 bits per heavy atom. The minimum atomic E-state index is -3.74. The fourth-order valence-electron chi connectivity index (χ4n) is 2.31. The van der Waals surface area contributed by atoms with E-state index in [0.717, 1.165) is 5.69 Å². The van der Waals surface area contributed by atoms with E-state index in [1.807, 2.05) is 6.26 Å². The second-order valence-electron chi connectivity index (χ2n) is 4.84. The van der Waals surface area contributed by atoms with Crippen molar-refractivity contribution in [2.24, 2.45) is 0 Å². The summed E-state index contributed by atoms with van der Waals surface area (Å²) in [6.45, 7) is 0. The highest BCUT2D eigenvalue weighted by molar-refractivity contribution is 7.99. The van der Waals surface area contributed by atoms with Crippen LogP contribution in [0.15, 0.2) is 34.2 Å². The number of hydrogen-bond donors (Lipinski definition) is 2. The van der Waals surface area contributed by atoms with Crippen molar-refractivity contribution in [3.63, 3.8) is 0 Å². The smallest absolute Gasteiger partial charge is 0.263 e. The maximum absolute atomic E-state index is 12.5. The monoisotopic (exact) mass is 338 g/mol. The van der Waals surface area contributed by atoms with Gasteiger partial charge in [-0.3, -0.25) is 14.6 Å². The van der Waals surface area contributed by atoms with Crippen LogP contribution in [0.3, 0.4) is 0 Å². The number of H-pyrrole nitrogens is 1. The van der Waals surface area contributed by atoms with E-state index in [4.69, 9.17) is 0 Å². The van der Waals surface area contributed by atoms with Crippen LogP contribution in [0.2, 0.25) is 0 Å². The number of thioether (sulfide) groups is 1. The first-order chi connectivity index (χ1) is 10.4. The summed E-state index contributed by atoms with van der Waals surface area (Å²) in [5, 5.41) is 6.45. The first kappa shape index (κ1) is 14.9. The van der Waals surface area contributed by atoms with Crippen molar-refractivity contribution >= 4 is 39.2 Å². The normalized spacial score (nSPS) is 14.3. The largest absolute Gasteiger partial charge is 0.315 e. The fraction of sp³-hybridized carbons (Fsp3) is 0.231. The highest BCUT2D eigenvalue weighted by Crippen LogP contribution is 2.31. The molecule has 0 radical (unpaired) electrons. The van der Waals surface area contributed by atoms with Gasteiger partial charge in [-0.15, -0.1) is 11.8 Å². The van der Waals surface area contributed by atoms with E-state index in [0.29, 0.717) is 16.3 Å². The maximum Gasteiger partial charge on any atom is 0.263 e. The van der Waals surface area contributed by atoms with Gasteiger partial charge in [0.05, 0.1) is 22.4 Å². The molecule has 0 saturated heterocycles. The van der Waals surface area contributed by atoms with Crippen molar-refractivity contribution in [2.45, 2.75) is 16.2 Å². The summed E-state index contributed by atoms with van der Waals surface area (Å²) in [5.41, 5.74) is 1.46. The summed E-state index contributed by atoms with van der Waals surface area (Å²) in [6.07, 6.45) is 3.60. The average Bonchev–Trinajstić information content (AvgIpc) is 3.03. The van der Waals surface area contributed by atoms with Gasteiger partial charge in [-0.25, -0.2) is 8.42 Å². The van der Waals surface area contributed by atoms with Gasteiger partial charge in [0.25, 0.3) is 10.0 Å². The second-order valence-corrected chi connectivity index (χ2v) is 7.37. The third kappa shape index (κ3) is 2.46. The SMILES string of the molecule is CSc1cn[nH]c1NS(=O)(=O)c1ccc2c(c1)CC(=O)N2C. The zero-order valence-electron chi connectivity index (χ0n) is 12.0. The molecule has 2 N–H and O–H groups in total. The predicted molar refractivity (Wildman–Crippen MR) is 84.7 cm³/mol. The Labute approximate surface area is 132 Å². The number of benzene rings is 1. The van der Waals surface area contributed by atoms with Crippen LogP contribution < -0.4 is 9.62 Å². The molecule has 0 saturated carbocycles. The number of aromatic amines is 1. The number of nitrogens with zero attached hydrogens (tertiary/aromatic N) is 2. The standard InChI is InChI=1S/C13H14N4O3S2/c1-17-10-4-3-9(5-8(10)6-12(17)18)22(19,20)16-13-11(21-2)7-14-15-13/h3-5,7H,6H2,1-2H3,(H2,14,15,16). The lowest BCUT2D eigenvalue weighted by Crippen LogP contribution is -2.20. The molecule has 7 nitrogen and oxygen atoms in total. The van der Waals surface area contributed by atoms with Gasteiger partial charge in [-0.2, -0.15) is 5.10 Å². The van der Waals surface area contributed by atoms with Gasteiger partial charge in [0.15, 0.2) is 0 Å². The molecule has 1 aromatic carbocycles. The number of likely N-dealkylation sites (N-methyl/N-ethyl adjacent to an activating group) is 1. The highest BCUT2D eigenvalue weighted by Gasteiger charge is 2.26. The van der Waals surface area contributed by atoms with Crippen molar-refractivity contribution in [3.05, 3.63) is 30.0 Å². The van der Waals surface area contributed by atoms with Crippen LogP contribution in [0.5, 0.6) is 0 Å². The summed E-state index contributed by atoms with van der Waals surface area (Å²) in [5.74, 6) is 0.289. The summed E-state index contributed by atoms with van der Waals surface area (Å²) >= 11 is 1.39. The summed E-state index contributed by atoms with van der Waals surface area (Å²) < 4.78 is 27.4. The number of carbonyl (C=O) groups is 1. The van der Waals surface area contributed by atoms with Crippen LogP contribution in [0.25, 0.3) is 0 Å². The molecule has 0 atom stereocenters. The van der Waals surface area contributed by atoms with Crippen LogP contribution in [-0.2, 0) is 21.2 Å². The lowest BCUT2D eigenvalue weighted by molar-refractivity contribution is -0.117. The first-order valence-corrected chi connectivity index (χ1v) is 9.13. The predicted octanol–water partition coefficient (Wildman–Crippen LogP) is 1.45. The van der Waals surface area contributed by atoms with Gasteiger partial charge in [0.2, 0.25) is 5.91 Å². The number of anilines is 2. The first-order valence-electron chi connectivity index (χ1n) is 6.42. The van der Waals surface area contributed by atoms with Crippen LogP contribution >= 0.6 is 11.8 Å². The summed E-state index contributed by atoms with van der Waals surface area (Å²) in [4.78, 5) is 14.0. The Kier molecular flexibility index (Phi) is 3.61. The number of aromatic nitrogens is 2. The van der Waals surface area contributed by atoms with Crippen LogP contribution in [0.1, 0.15) is 5.56 Å². The second kappa shape index (κ2) is 5.33. The molecule has 0 bridgehead atoms. The van der Waals surface area contributed by atoms with E-state index in [9.17, 15) is 13.2 Å². The van der Waals surface area contributed by atoms with E-state index in [-0.39, 0.29) is 17.2 Å². The van der Waals surface area contributed by atoms with Crippen molar-refractivity contribution in [1.82, 2.24) is 10.2 Å². The number of amides is 1. The van der Waals surface area contributed by atoms with Crippen LogP contribution in [-0.4, -0.2) is 37.8 Å². The number of carbonyl (C=O) groups excluding carboxylic acids is 1. The molecule has 1 aliphatic rings. The molecule has 0 spiro atoms. The number of fused-ring (bicyclic) bond motifs is 1. The molecule has 9 heteroatoms. The molecule has 1 amide bonds. The van der Waals surface area contributed by atoms with Crippen LogP contribution in [0.4, 0.5) is 11.5 Å². The van der Waals surface area contributed by atoms with E-state index in [2.05, 4.69) is 14.9 Å². The summed E-state index contributed by atoms with van der Waals surface area (Å²) in [7, 11) is -2.06. The average molecular weight is 338 g/mol. The molecule has 0 unspecified atom stereocenters. The molecule has 1 aliphatic heterocycles. The lowest BCUT2D eigenvalue weighted by atomic mass is 10.2. The Hall–Kier alpha value is -2.00. The van der Waals surface area contributed by atoms with Crippen molar-refractivity contribution in [2.75, 3.05) is 22.9 Å². The number of rotatable bonds is 4. The molecule has 116 valence electrons. The zero-order chi connectivity index (χ0) is 15.9. The Morgan fingerprint density at radius 3 is 2.91 bits per heavy atom. The van der Waals surface area contributed by atoms with Gasteiger partial charge < -0.3 is 4.90 Å². The third-order valence-corrected chi connectivity index (χ3v) is 5.60. The molecule has 1 aromatic heterocycles. The fourth-order valence-corrected chi connectivity index (χ4v) is 3.92. The Balaban J connectivity index is 1.94. The molecular weight excluding hydrogens is 324 g/mol. The molecule has 0 aliphatic carbocycles. The topological polar surface area (TPSA) is 95.2 Å². The van der Waals surface area contributed by atoms with Gasteiger partial charge in [-0.05, 0) is 30.0 Å². The Morgan fingerprint density at radius 2 is 2.18 bits per heavy atom. The Bertz CT molecular complexity index is 845. The summed E-state index contributed by atoms with van der Waals surface area (Å²) in [6, 6.07) is 4.68. The number of nitrogens with one attached hydrogen (secondary N) is 2. The number of sulfonamides is 1. The maximum atomic E-state index is 12.5. The molecule has 2 aromatic rings. The van der Waals surface area contributed by atoms with Crippen molar-refractivity contribution < 1.29 is 13.2 Å².